The van der Waals surface area contributed by atoms with Gasteiger partial charge in [-0.3, -0.25) is 4.79 Å². The van der Waals surface area contributed by atoms with Crippen LogP contribution in [0.2, 0.25) is 0 Å². The van der Waals surface area contributed by atoms with E-state index in [-0.39, 0.29) is 36.5 Å². The number of carbonyl (C=O) groups excluding carboxylic acids is 1. The number of carboxylic acids is 1. The Labute approximate surface area is 138 Å². The van der Waals surface area contributed by atoms with Gasteiger partial charge in [-0.1, -0.05) is 0 Å². The summed E-state index contributed by atoms with van der Waals surface area (Å²) in [5.41, 5.74) is 0.590. The Morgan fingerprint density at radius 2 is 1.71 bits per heavy atom. The van der Waals surface area contributed by atoms with Gasteiger partial charge < -0.3 is 15.3 Å². The smallest absolute Gasteiger partial charge is 0.317 e. The van der Waals surface area contributed by atoms with Gasteiger partial charge in [-0.2, -0.15) is 0 Å². The van der Waals surface area contributed by atoms with E-state index >= 15 is 0 Å². The first-order valence-corrected chi connectivity index (χ1v) is 8.19. The minimum Gasteiger partial charge on any atom is -0.481 e. The van der Waals surface area contributed by atoms with E-state index in [1.54, 1.807) is 0 Å². The predicted octanol–water partition coefficient (Wildman–Crippen LogP) is 2.68. The number of hydrogen-bond donors (Lipinski definition) is 2. The summed E-state index contributed by atoms with van der Waals surface area (Å²) >= 11 is 0. The summed E-state index contributed by atoms with van der Waals surface area (Å²) in [5.74, 6) is -2.05. The third kappa shape index (κ3) is 3.34. The maximum Gasteiger partial charge on any atom is 0.317 e. The number of amides is 2. The highest BCUT2D eigenvalue weighted by Crippen LogP contribution is 2.26. The van der Waals surface area contributed by atoms with Gasteiger partial charge in [0.25, 0.3) is 0 Å². The Bertz CT molecular complexity index is 657. The number of hydrogen-bond acceptors (Lipinski definition) is 2. The van der Waals surface area contributed by atoms with Gasteiger partial charge in [0.15, 0.2) is 0 Å². The van der Waals surface area contributed by atoms with Crippen molar-refractivity contribution in [1.29, 1.82) is 0 Å². The zero-order chi connectivity index (χ0) is 17.3. The molecular formula is C17H20F2N2O3. The fourth-order valence-electron chi connectivity index (χ4n) is 3.52. The summed E-state index contributed by atoms with van der Waals surface area (Å²) in [6.45, 7) is 0.388. The summed E-state index contributed by atoms with van der Waals surface area (Å²) in [4.78, 5) is 24.8. The molecule has 2 N–H and O–H groups in total. The van der Waals surface area contributed by atoms with E-state index in [0.29, 0.717) is 37.8 Å². The quantitative estimate of drug-likeness (QED) is 0.871. The number of rotatable bonds is 2. The fraction of sp³-hybridized carbons (Fsp3) is 0.529. The van der Waals surface area contributed by atoms with Crippen LogP contribution in [0.15, 0.2) is 12.1 Å². The van der Waals surface area contributed by atoms with Crippen LogP contribution in [-0.2, 0) is 17.8 Å². The van der Waals surface area contributed by atoms with Crippen molar-refractivity contribution in [3.8, 4) is 0 Å². The third-order valence-corrected chi connectivity index (χ3v) is 4.99. The van der Waals surface area contributed by atoms with Crippen LogP contribution in [0, 0.1) is 17.6 Å². The molecule has 1 aromatic carbocycles. The molecule has 2 aliphatic rings. The number of nitrogens with zero attached hydrogens (tertiary/aromatic N) is 1. The third-order valence-electron chi connectivity index (χ3n) is 4.99. The average Bonchev–Trinajstić information content (AvgIpc) is 2.58. The van der Waals surface area contributed by atoms with Crippen LogP contribution in [0.3, 0.4) is 0 Å². The van der Waals surface area contributed by atoms with Crippen LogP contribution in [0.25, 0.3) is 0 Å². The zero-order valence-electron chi connectivity index (χ0n) is 13.2. The zero-order valence-corrected chi connectivity index (χ0v) is 13.2. The highest BCUT2D eigenvalue weighted by Gasteiger charge is 2.29. The van der Waals surface area contributed by atoms with Crippen LogP contribution in [0.4, 0.5) is 13.6 Å². The van der Waals surface area contributed by atoms with Gasteiger partial charge in [-0.15, -0.1) is 0 Å². The standard InChI is InChI=1S/C17H20F2N2O3/c18-14-5-6-15(19)13-9-21(8-7-12(13)14)17(24)20-11-3-1-10(2-4-11)16(22)23/h5-6,10-11H,1-4,7-9H2,(H,20,24)(H,22,23). The molecular weight excluding hydrogens is 318 g/mol. The number of fused-ring (bicyclic) bond motifs is 1. The van der Waals surface area contributed by atoms with E-state index in [9.17, 15) is 18.4 Å². The van der Waals surface area contributed by atoms with E-state index in [2.05, 4.69) is 5.32 Å². The number of halogens is 2. The second kappa shape index (κ2) is 6.75. The molecule has 7 heteroatoms. The van der Waals surface area contributed by atoms with Crippen LogP contribution < -0.4 is 5.32 Å². The molecule has 0 aromatic heterocycles. The highest BCUT2D eigenvalue weighted by molar-refractivity contribution is 5.75. The van der Waals surface area contributed by atoms with Gasteiger partial charge in [0, 0.05) is 18.2 Å². The van der Waals surface area contributed by atoms with Crippen LogP contribution in [0.1, 0.15) is 36.8 Å². The average molecular weight is 338 g/mol. The maximum absolute atomic E-state index is 13.9. The lowest BCUT2D eigenvalue weighted by atomic mass is 9.86. The van der Waals surface area contributed by atoms with Crippen LogP contribution in [0.5, 0.6) is 0 Å². The highest BCUT2D eigenvalue weighted by atomic mass is 19.1. The number of carboxylic acid groups (broad SMARTS) is 1. The predicted molar refractivity (Wildman–Crippen MR) is 82.4 cm³/mol. The number of carbonyl (C=O) groups is 2. The molecule has 1 aliphatic carbocycles. The molecule has 130 valence electrons. The van der Waals surface area contributed by atoms with Gasteiger partial charge in [-0.25, -0.2) is 13.6 Å². The van der Waals surface area contributed by atoms with Crippen LogP contribution >= 0.6 is 0 Å². The van der Waals surface area contributed by atoms with Gasteiger partial charge in [0.05, 0.1) is 12.5 Å². The van der Waals surface area contributed by atoms with E-state index in [4.69, 9.17) is 5.11 Å². The molecule has 24 heavy (non-hydrogen) atoms. The fourth-order valence-corrected chi connectivity index (χ4v) is 3.52. The first-order chi connectivity index (χ1) is 11.5. The minimum atomic E-state index is -0.787. The first kappa shape index (κ1) is 16.7. The normalized spacial score (nSPS) is 23.5. The summed E-state index contributed by atoms with van der Waals surface area (Å²) < 4.78 is 27.6. The maximum atomic E-state index is 13.9. The molecule has 1 aromatic rings. The lowest BCUT2D eigenvalue weighted by molar-refractivity contribution is -0.142. The summed E-state index contributed by atoms with van der Waals surface area (Å²) in [5, 5.41) is 11.9. The van der Waals surface area contributed by atoms with E-state index < -0.39 is 17.6 Å². The van der Waals surface area contributed by atoms with Gasteiger partial charge >= 0.3 is 12.0 Å². The molecule has 5 nitrogen and oxygen atoms in total. The van der Waals surface area contributed by atoms with E-state index in [0.717, 1.165) is 12.1 Å². The summed E-state index contributed by atoms with van der Waals surface area (Å²) in [6, 6.07) is 1.84. The second-order valence-corrected chi connectivity index (χ2v) is 6.49. The van der Waals surface area contributed by atoms with Crippen molar-refractivity contribution in [3.63, 3.8) is 0 Å². The molecule has 0 spiro atoms. The molecule has 0 unspecified atom stereocenters. The van der Waals surface area contributed by atoms with E-state index in [1.807, 2.05) is 0 Å². The molecule has 2 amide bonds. The van der Waals surface area contributed by atoms with Crippen molar-refractivity contribution < 1.29 is 23.5 Å². The minimum absolute atomic E-state index is 0.0508. The SMILES string of the molecule is O=C(O)C1CCC(NC(=O)N2CCc3c(F)ccc(F)c3C2)CC1. The molecule has 1 heterocycles. The molecule has 1 fully saturated rings. The van der Waals surface area contributed by atoms with Gasteiger partial charge in [0.2, 0.25) is 0 Å². The van der Waals surface area contributed by atoms with Crippen molar-refractivity contribution in [1.82, 2.24) is 10.2 Å². The van der Waals surface area contributed by atoms with Crippen molar-refractivity contribution in [3.05, 3.63) is 34.9 Å². The number of urea groups is 1. The topological polar surface area (TPSA) is 69.6 Å². The lowest BCUT2D eigenvalue weighted by Gasteiger charge is -2.33. The second-order valence-electron chi connectivity index (χ2n) is 6.49. The molecule has 0 bridgehead atoms. The molecule has 1 aliphatic heterocycles. The number of aliphatic carboxylic acids is 1. The number of nitrogens with one attached hydrogen (secondary N) is 1. The Balaban J connectivity index is 1.59. The van der Waals surface area contributed by atoms with Crippen molar-refractivity contribution in [2.24, 2.45) is 5.92 Å². The molecule has 0 radical (unpaired) electrons. The number of benzene rings is 1. The van der Waals surface area contributed by atoms with Crippen molar-refractivity contribution in [2.45, 2.75) is 44.7 Å². The Hall–Kier alpha value is -2.18. The molecule has 0 atom stereocenters. The first-order valence-electron chi connectivity index (χ1n) is 8.19. The Morgan fingerprint density at radius 3 is 2.33 bits per heavy atom. The van der Waals surface area contributed by atoms with E-state index in [1.165, 1.54) is 4.90 Å². The largest absolute Gasteiger partial charge is 0.481 e. The molecule has 1 saturated carbocycles. The molecule has 0 saturated heterocycles. The Morgan fingerprint density at radius 1 is 1.08 bits per heavy atom. The summed E-state index contributed by atoms with van der Waals surface area (Å²) in [6.07, 6.45) is 2.62. The Kier molecular flexibility index (Phi) is 4.69. The van der Waals surface area contributed by atoms with Crippen molar-refractivity contribution in [2.75, 3.05) is 6.54 Å². The summed E-state index contributed by atoms with van der Waals surface area (Å²) in [7, 11) is 0. The van der Waals surface area contributed by atoms with Gasteiger partial charge in [0.1, 0.15) is 11.6 Å². The van der Waals surface area contributed by atoms with Crippen molar-refractivity contribution >= 4 is 12.0 Å². The van der Waals surface area contributed by atoms with Crippen LogP contribution in [-0.4, -0.2) is 34.6 Å². The van der Waals surface area contributed by atoms with Gasteiger partial charge in [-0.05, 0) is 49.8 Å². The lowest BCUT2D eigenvalue weighted by Crippen LogP contribution is -2.48. The molecule has 3 rings (SSSR count). The monoisotopic (exact) mass is 338 g/mol.